The molecule has 1 aromatic heterocycles. The second-order valence-corrected chi connectivity index (χ2v) is 7.19. The van der Waals surface area contributed by atoms with Gasteiger partial charge in [-0.1, -0.05) is 38.1 Å². The quantitative estimate of drug-likeness (QED) is 0.860. The molecular weight excluding hydrogens is 316 g/mol. The van der Waals surface area contributed by atoms with E-state index >= 15 is 0 Å². The van der Waals surface area contributed by atoms with E-state index in [9.17, 15) is 4.79 Å². The molecule has 1 aliphatic heterocycles. The predicted octanol–water partition coefficient (Wildman–Crippen LogP) is 1.47. The summed E-state index contributed by atoms with van der Waals surface area (Å²) in [4.78, 5) is 14.6. The average Bonchev–Trinajstić information content (AvgIpc) is 3.06. The van der Waals surface area contributed by atoms with Gasteiger partial charge < -0.3 is 5.32 Å². The minimum absolute atomic E-state index is 0.0951. The largest absolute Gasteiger partial charge is 0.350 e. The van der Waals surface area contributed by atoms with E-state index in [1.54, 1.807) is 0 Å². The maximum atomic E-state index is 12.0. The van der Waals surface area contributed by atoms with E-state index in [0.29, 0.717) is 6.54 Å². The number of hydrogen-bond donors (Lipinski definition) is 1. The van der Waals surface area contributed by atoms with Gasteiger partial charge >= 0.3 is 0 Å². The van der Waals surface area contributed by atoms with Crippen molar-refractivity contribution in [2.24, 2.45) is 11.8 Å². The SMILES string of the molecule is C[C@@H]1C[C@H](C)CN(Cc2ccccc2CNC(=O)Cn2cnnn2)C1. The number of tetrazole rings is 1. The molecule has 2 aromatic rings. The van der Waals surface area contributed by atoms with Gasteiger partial charge in [-0.3, -0.25) is 9.69 Å². The summed E-state index contributed by atoms with van der Waals surface area (Å²) in [6.07, 6.45) is 2.75. The van der Waals surface area contributed by atoms with E-state index in [1.165, 1.54) is 28.6 Å². The maximum absolute atomic E-state index is 12.0. The van der Waals surface area contributed by atoms with E-state index in [4.69, 9.17) is 0 Å². The van der Waals surface area contributed by atoms with Crippen LogP contribution in [0.25, 0.3) is 0 Å². The summed E-state index contributed by atoms with van der Waals surface area (Å²) in [6.45, 7) is 8.54. The fourth-order valence-electron chi connectivity index (χ4n) is 3.70. The zero-order valence-electron chi connectivity index (χ0n) is 14.9. The highest BCUT2D eigenvalue weighted by molar-refractivity contribution is 5.75. The molecule has 0 aliphatic carbocycles. The summed E-state index contributed by atoms with van der Waals surface area (Å²) in [7, 11) is 0. The number of likely N-dealkylation sites (tertiary alicyclic amines) is 1. The molecule has 1 N–H and O–H groups in total. The Hall–Kier alpha value is -2.28. The van der Waals surface area contributed by atoms with Crippen LogP contribution < -0.4 is 5.32 Å². The fraction of sp³-hybridized carbons (Fsp3) is 0.556. The Morgan fingerprint density at radius 1 is 1.20 bits per heavy atom. The van der Waals surface area contributed by atoms with Crippen LogP contribution in [-0.2, 0) is 24.4 Å². The third-order valence-corrected chi connectivity index (χ3v) is 4.63. The molecule has 134 valence electrons. The molecule has 7 heteroatoms. The lowest BCUT2D eigenvalue weighted by Gasteiger charge is -2.35. The highest BCUT2D eigenvalue weighted by Crippen LogP contribution is 2.23. The van der Waals surface area contributed by atoms with Gasteiger partial charge in [0.05, 0.1) is 0 Å². The van der Waals surface area contributed by atoms with Gasteiger partial charge in [-0.25, -0.2) is 4.68 Å². The van der Waals surface area contributed by atoms with Gasteiger partial charge in [-0.2, -0.15) is 0 Å². The number of aromatic nitrogens is 4. The molecule has 2 atom stereocenters. The van der Waals surface area contributed by atoms with Gasteiger partial charge in [0, 0.05) is 26.2 Å². The molecule has 7 nitrogen and oxygen atoms in total. The van der Waals surface area contributed by atoms with Crippen molar-refractivity contribution in [3.8, 4) is 0 Å². The molecule has 0 radical (unpaired) electrons. The third-order valence-electron chi connectivity index (χ3n) is 4.63. The molecule has 0 unspecified atom stereocenters. The number of amides is 1. The minimum atomic E-state index is -0.0951. The Labute approximate surface area is 148 Å². The normalized spacial score (nSPS) is 21.2. The van der Waals surface area contributed by atoms with Gasteiger partial charge in [0.1, 0.15) is 12.9 Å². The van der Waals surface area contributed by atoms with Gasteiger partial charge in [0.25, 0.3) is 0 Å². The van der Waals surface area contributed by atoms with Crippen LogP contribution >= 0.6 is 0 Å². The van der Waals surface area contributed by atoms with Gasteiger partial charge in [-0.05, 0) is 39.8 Å². The van der Waals surface area contributed by atoms with Crippen LogP contribution in [0.5, 0.6) is 0 Å². The van der Waals surface area contributed by atoms with Crippen molar-refractivity contribution in [2.45, 2.75) is 39.9 Å². The van der Waals surface area contributed by atoms with Crippen molar-refractivity contribution in [3.63, 3.8) is 0 Å². The third kappa shape index (κ3) is 5.09. The predicted molar refractivity (Wildman–Crippen MR) is 94.3 cm³/mol. The standard InChI is InChI=1S/C18H26N6O/c1-14-7-15(2)10-23(9-14)11-17-6-4-3-5-16(17)8-19-18(25)12-24-13-20-21-22-24/h3-6,13-15H,7-12H2,1-2H3,(H,19,25)/t14-,15+. The first-order chi connectivity index (χ1) is 12.1. The summed E-state index contributed by atoms with van der Waals surface area (Å²) in [5, 5.41) is 13.7. The molecule has 1 amide bonds. The Morgan fingerprint density at radius 3 is 2.60 bits per heavy atom. The Kier molecular flexibility index (Phi) is 5.75. The van der Waals surface area contributed by atoms with Crippen LogP contribution in [0, 0.1) is 11.8 Å². The number of nitrogens with zero attached hydrogens (tertiary/aromatic N) is 5. The van der Waals surface area contributed by atoms with E-state index in [-0.39, 0.29) is 12.5 Å². The van der Waals surface area contributed by atoms with Crippen LogP contribution in [-0.4, -0.2) is 44.1 Å². The van der Waals surface area contributed by atoms with Crippen molar-refractivity contribution in [3.05, 3.63) is 41.7 Å². The van der Waals surface area contributed by atoms with Crippen molar-refractivity contribution in [2.75, 3.05) is 13.1 Å². The molecule has 1 fully saturated rings. The second-order valence-electron chi connectivity index (χ2n) is 7.19. The van der Waals surface area contributed by atoms with Gasteiger partial charge in [-0.15, -0.1) is 5.10 Å². The first-order valence-electron chi connectivity index (χ1n) is 8.86. The first-order valence-corrected chi connectivity index (χ1v) is 8.86. The molecule has 0 bridgehead atoms. The number of rotatable bonds is 6. The van der Waals surface area contributed by atoms with Crippen molar-refractivity contribution in [1.29, 1.82) is 0 Å². The lowest BCUT2D eigenvalue weighted by Crippen LogP contribution is -2.38. The molecule has 25 heavy (non-hydrogen) atoms. The van der Waals surface area contributed by atoms with E-state index in [2.05, 4.69) is 57.8 Å². The number of benzene rings is 1. The van der Waals surface area contributed by atoms with E-state index < -0.39 is 0 Å². The monoisotopic (exact) mass is 342 g/mol. The van der Waals surface area contributed by atoms with Gasteiger partial charge in [0.2, 0.25) is 5.91 Å². The summed E-state index contributed by atoms with van der Waals surface area (Å²) < 4.78 is 1.41. The Bertz CT molecular complexity index is 677. The summed E-state index contributed by atoms with van der Waals surface area (Å²) >= 11 is 0. The highest BCUT2D eigenvalue weighted by atomic mass is 16.2. The minimum Gasteiger partial charge on any atom is -0.350 e. The lowest BCUT2D eigenvalue weighted by atomic mass is 9.91. The molecule has 1 saturated heterocycles. The van der Waals surface area contributed by atoms with Crippen LogP contribution in [0.2, 0.25) is 0 Å². The first kappa shape index (κ1) is 17.5. The molecule has 1 aromatic carbocycles. The smallest absolute Gasteiger partial charge is 0.242 e. The number of carbonyl (C=O) groups excluding carboxylic acids is 1. The lowest BCUT2D eigenvalue weighted by molar-refractivity contribution is -0.122. The van der Waals surface area contributed by atoms with Crippen molar-refractivity contribution in [1.82, 2.24) is 30.4 Å². The molecular formula is C18H26N6O. The number of piperidine rings is 1. The van der Waals surface area contributed by atoms with Crippen LogP contribution in [0.15, 0.2) is 30.6 Å². The maximum Gasteiger partial charge on any atom is 0.242 e. The van der Waals surface area contributed by atoms with E-state index in [1.807, 2.05) is 6.07 Å². The second kappa shape index (κ2) is 8.20. The summed E-state index contributed by atoms with van der Waals surface area (Å²) in [5.74, 6) is 1.39. The van der Waals surface area contributed by atoms with Crippen molar-refractivity contribution < 1.29 is 4.79 Å². The average molecular weight is 342 g/mol. The molecule has 1 aliphatic rings. The number of nitrogens with one attached hydrogen (secondary N) is 1. The summed E-state index contributed by atoms with van der Waals surface area (Å²) in [5.41, 5.74) is 2.45. The molecule has 0 saturated carbocycles. The topological polar surface area (TPSA) is 75.9 Å². The highest BCUT2D eigenvalue weighted by Gasteiger charge is 2.22. The Morgan fingerprint density at radius 2 is 1.92 bits per heavy atom. The zero-order chi connectivity index (χ0) is 17.6. The molecule has 2 heterocycles. The zero-order valence-corrected chi connectivity index (χ0v) is 14.9. The summed E-state index contributed by atoms with van der Waals surface area (Å²) in [6, 6.07) is 8.34. The number of hydrogen-bond acceptors (Lipinski definition) is 5. The fourth-order valence-corrected chi connectivity index (χ4v) is 3.70. The number of carbonyl (C=O) groups is 1. The van der Waals surface area contributed by atoms with Crippen LogP contribution in [0.4, 0.5) is 0 Å². The Balaban J connectivity index is 1.58. The molecule has 3 rings (SSSR count). The van der Waals surface area contributed by atoms with Crippen LogP contribution in [0.3, 0.4) is 0 Å². The van der Waals surface area contributed by atoms with Gasteiger partial charge in [0.15, 0.2) is 0 Å². The van der Waals surface area contributed by atoms with Crippen molar-refractivity contribution >= 4 is 5.91 Å². The molecule has 0 spiro atoms. The van der Waals surface area contributed by atoms with E-state index in [0.717, 1.165) is 31.5 Å². The van der Waals surface area contributed by atoms with Crippen LogP contribution in [0.1, 0.15) is 31.4 Å².